The van der Waals surface area contributed by atoms with Crippen LogP contribution in [0.25, 0.3) is 0 Å². The van der Waals surface area contributed by atoms with Crippen molar-refractivity contribution in [3.05, 3.63) is 0 Å². The Hall–Kier alpha value is -1.10. The number of ether oxygens (including phenoxy) is 1. The third-order valence-corrected chi connectivity index (χ3v) is 2.42. The number of ketones is 1. The van der Waals surface area contributed by atoms with E-state index in [1.807, 2.05) is 6.92 Å². The van der Waals surface area contributed by atoms with Gasteiger partial charge in [0, 0.05) is 26.0 Å². The molecule has 1 atom stereocenters. The molecule has 0 aromatic rings. The topological polar surface area (TPSA) is 75.6 Å². The van der Waals surface area contributed by atoms with E-state index >= 15 is 0 Å². The molecule has 0 bridgehead atoms. The molecule has 106 valence electrons. The van der Waals surface area contributed by atoms with Crippen LogP contribution >= 0.6 is 0 Å². The van der Waals surface area contributed by atoms with Gasteiger partial charge in [-0.05, 0) is 33.1 Å². The minimum absolute atomic E-state index is 0.0488. The van der Waals surface area contributed by atoms with Gasteiger partial charge in [0.2, 0.25) is 0 Å². The smallest absolute Gasteiger partial charge is 0.407 e. The Balaban J connectivity index is 3.93. The summed E-state index contributed by atoms with van der Waals surface area (Å²) in [5, 5.41) is 11.8. The number of Topliss-reactive ketones (excluding diaryl/α,β-unsaturated/α-hetero) is 1. The second kappa shape index (κ2) is 8.08. The lowest BCUT2D eigenvalue weighted by Gasteiger charge is -2.21. The first-order valence-electron chi connectivity index (χ1n) is 6.38. The lowest BCUT2D eigenvalue weighted by Crippen LogP contribution is -2.36. The zero-order chi connectivity index (χ0) is 14.2. The second-order valence-electron chi connectivity index (χ2n) is 5.36. The van der Waals surface area contributed by atoms with Crippen LogP contribution in [-0.2, 0) is 9.53 Å². The molecule has 0 radical (unpaired) electrons. The van der Waals surface area contributed by atoms with Gasteiger partial charge in [-0.25, -0.2) is 4.79 Å². The number of nitrogens with one attached hydrogen (secondary N) is 1. The van der Waals surface area contributed by atoms with Crippen molar-refractivity contribution in [2.75, 3.05) is 13.2 Å². The molecule has 0 saturated heterocycles. The van der Waals surface area contributed by atoms with Gasteiger partial charge >= 0.3 is 6.09 Å². The number of carbonyl (C=O) groups is 2. The number of aliphatic hydroxyl groups excluding tert-OH is 1. The van der Waals surface area contributed by atoms with E-state index < -0.39 is 11.7 Å². The number of aliphatic hydroxyl groups is 1. The van der Waals surface area contributed by atoms with Crippen LogP contribution in [0, 0.1) is 5.92 Å². The normalized spacial score (nSPS) is 12.9. The monoisotopic (exact) mass is 259 g/mol. The highest BCUT2D eigenvalue weighted by molar-refractivity contribution is 5.77. The van der Waals surface area contributed by atoms with Crippen LogP contribution in [0.4, 0.5) is 4.79 Å². The van der Waals surface area contributed by atoms with Crippen molar-refractivity contribution in [2.45, 2.75) is 52.6 Å². The van der Waals surface area contributed by atoms with Gasteiger partial charge < -0.3 is 15.2 Å². The van der Waals surface area contributed by atoms with Crippen molar-refractivity contribution in [1.29, 1.82) is 0 Å². The van der Waals surface area contributed by atoms with Gasteiger partial charge in [0.25, 0.3) is 0 Å². The molecule has 0 rings (SSSR count). The maximum atomic E-state index is 11.4. The predicted molar refractivity (Wildman–Crippen MR) is 69.3 cm³/mol. The van der Waals surface area contributed by atoms with Gasteiger partial charge in [-0.1, -0.05) is 6.92 Å². The largest absolute Gasteiger partial charge is 0.444 e. The summed E-state index contributed by atoms with van der Waals surface area (Å²) in [6, 6.07) is 0. The molecule has 5 nitrogen and oxygen atoms in total. The Bertz CT molecular complexity index is 271. The number of hydrogen-bond donors (Lipinski definition) is 2. The molecule has 18 heavy (non-hydrogen) atoms. The van der Waals surface area contributed by atoms with Crippen molar-refractivity contribution >= 4 is 11.9 Å². The maximum absolute atomic E-state index is 11.4. The standard InChI is InChI=1S/C13H25NO4/c1-5-11(16)7-6-10(9-15)8-14-12(17)18-13(2,3)4/h10,15H,5-9H2,1-4H3,(H,14,17). The Kier molecular flexibility index (Phi) is 7.59. The quantitative estimate of drug-likeness (QED) is 0.732. The third kappa shape index (κ3) is 8.98. The molecule has 0 aromatic heterocycles. The van der Waals surface area contributed by atoms with Crippen molar-refractivity contribution < 1.29 is 19.4 Å². The van der Waals surface area contributed by atoms with Crippen molar-refractivity contribution in [3.63, 3.8) is 0 Å². The number of hydrogen-bond acceptors (Lipinski definition) is 4. The molecule has 1 amide bonds. The van der Waals surface area contributed by atoms with E-state index in [1.165, 1.54) is 0 Å². The molecule has 0 aliphatic rings. The van der Waals surface area contributed by atoms with Gasteiger partial charge in [0.05, 0.1) is 0 Å². The van der Waals surface area contributed by atoms with E-state index in [-0.39, 0.29) is 18.3 Å². The summed E-state index contributed by atoms with van der Waals surface area (Å²) in [4.78, 5) is 22.6. The van der Waals surface area contributed by atoms with Crippen LogP contribution in [-0.4, -0.2) is 35.7 Å². The molecule has 0 aromatic carbocycles. The van der Waals surface area contributed by atoms with Gasteiger partial charge in [-0.3, -0.25) is 4.79 Å². The zero-order valence-electron chi connectivity index (χ0n) is 11.8. The van der Waals surface area contributed by atoms with E-state index in [1.54, 1.807) is 20.8 Å². The van der Waals surface area contributed by atoms with Crippen LogP contribution in [0.5, 0.6) is 0 Å². The van der Waals surface area contributed by atoms with E-state index in [0.717, 1.165) is 0 Å². The van der Waals surface area contributed by atoms with Crippen LogP contribution in [0.3, 0.4) is 0 Å². The average Bonchev–Trinajstić information content (AvgIpc) is 2.26. The van der Waals surface area contributed by atoms with Crippen molar-refractivity contribution in [2.24, 2.45) is 5.92 Å². The summed E-state index contributed by atoms with van der Waals surface area (Å²) in [5.41, 5.74) is -0.531. The fourth-order valence-electron chi connectivity index (χ4n) is 1.34. The summed E-state index contributed by atoms with van der Waals surface area (Å²) in [6.45, 7) is 7.45. The van der Waals surface area contributed by atoms with E-state index in [0.29, 0.717) is 25.8 Å². The molecule has 0 aliphatic carbocycles. The molecular weight excluding hydrogens is 234 g/mol. The highest BCUT2D eigenvalue weighted by Crippen LogP contribution is 2.09. The lowest BCUT2D eigenvalue weighted by atomic mass is 10.0. The van der Waals surface area contributed by atoms with Crippen LogP contribution in [0.2, 0.25) is 0 Å². The maximum Gasteiger partial charge on any atom is 0.407 e. The lowest BCUT2D eigenvalue weighted by molar-refractivity contribution is -0.119. The van der Waals surface area contributed by atoms with Crippen molar-refractivity contribution in [1.82, 2.24) is 5.32 Å². The molecule has 5 heteroatoms. The van der Waals surface area contributed by atoms with E-state index in [2.05, 4.69) is 5.32 Å². The van der Waals surface area contributed by atoms with Gasteiger partial charge in [-0.15, -0.1) is 0 Å². The van der Waals surface area contributed by atoms with E-state index in [4.69, 9.17) is 9.84 Å². The van der Waals surface area contributed by atoms with Crippen LogP contribution in [0.15, 0.2) is 0 Å². The average molecular weight is 259 g/mol. The Morgan fingerprint density at radius 3 is 2.39 bits per heavy atom. The number of amides is 1. The first kappa shape index (κ1) is 16.9. The molecule has 1 unspecified atom stereocenters. The number of carbonyl (C=O) groups excluding carboxylic acids is 2. The molecule has 2 N–H and O–H groups in total. The van der Waals surface area contributed by atoms with Gasteiger partial charge in [0.1, 0.15) is 11.4 Å². The molecule has 0 heterocycles. The Morgan fingerprint density at radius 2 is 1.94 bits per heavy atom. The minimum Gasteiger partial charge on any atom is -0.444 e. The summed E-state index contributed by atoms with van der Waals surface area (Å²) in [5.74, 6) is 0.0683. The first-order valence-corrected chi connectivity index (χ1v) is 6.38. The Labute approximate surface area is 109 Å². The molecule has 0 saturated carbocycles. The fourth-order valence-corrected chi connectivity index (χ4v) is 1.34. The predicted octanol–water partition coefficient (Wildman–Crippen LogP) is 1.88. The van der Waals surface area contributed by atoms with Gasteiger partial charge in [-0.2, -0.15) is 0 Å². The van der Waals surface area contributed by atoms with Gasteiger partial charge in [0.15, 0.2) is 0 Å². The molecular formula is C13H25NO4. The summed E-state index contributed by atoms with van der Waals surface area (Å²) >= 11 is 0. The summed E-state index contributed by atoms with van der Waals surface area (Å²) in [6.07, 6.45) is 1.04. The third-order valence-electron chi connectivity index (χ3n) is 2.42. The summed E-state index contributed by atoms with van der Waals surface area (Å²) in [7, 11) is 0. The minimum atomic E-state index is -0.531. The second-order valence-corrected chi connectivity index (χ2v) is 5.36. The zero-order valence-corrected chi connectivity index (χ0v) is 11.8. The highest BCUT2D eigenvalue weighted by Gasteiger charge is 2.17. The molecule has 0 fully saturated rings. The summed E-state index contributed by atoms with van der Waals surface area (Å²) < 4.78 is 5.08. The van der Waals surface area contributed by atoms with Crippen LogP contribution < -0.4 is 5.32 Å². The van der Waals surface area contributed by atoms with Crippen LogP contribution in [0.1, 0.15) is 47.0 Å². The number of alkyl carbamates (subject to hydrolysis) is 1. The molecule has 0 aliphatic heterocycles. The SMILES string of the molecule is CCC(=O)CCC(CO)CNC(=O)OC(C)(C)C. The first-order chi connectivity index (χ1) is 8.28. The van der Waals surface area contributed by atoms with E-state index in [9.17, 15) is 9.59 Å². The highest BCUT2D eigenvalue weighted by atomic mass is 16.6. The van der Waals surface area contributed by atoms with Crippen molar-refractivity contribution in [3.8, 4) is 0 Å². The Morgan fingerprint density at radius 1 is 1.33 bits per heavy atom. The fraction of sp³-hybridized carbons (Fsp3) is 0.846. The number of rotatable bonds is 7. The molecule has 0 spiro atoms.